The summed E-state index contributed by atoms with van der Waals surface area (Å²) in [6, 6.07) is 3.80. The molecule has 1 aromatic heterocycles. The Hall–Kier alpha value is -1.62. The second-order valence-electron chi connectivity index (χ2n) is 5.56. The molecule has 19 heavy (non-hydrogen) atoms. The van der Waals surface area contributed by atoms with E-state index in [4.69, 9.17) is 0 Å². The van der Waals surface area contributed by atoms with Crippen LogP contribution in [0.15, 0.2) is 18.3 Å². The van der Waals surface area contributed by atoms with Gasteiger partial charge in [0, 0.05) is 19.5 Å². The monoisotopic (exact) mass is 262 g/mol. The number of carbonyl (C=O) groups excluding carboxylic acids is 1. The average molecular weight is 262 g/mol. The number of nitrogens with one attached hydrogen (secondary N) is 2. The molecule has 0 aromatic carbocycles. The maximum absolute atomic E-state index is 12.3. The van der Waals surface area contributed by atoms with Gasteiger partial charge in [0.05, 0.1) is 11.9 Å². The molecule has 5 heteroatoms. The molecule has 104 valence electrons. The number of anilines is 2. The number of hydrogen-bond acceptors (Lipinski definition) is 4. The summed E-state index contributed by atoms with van der Waals surface area (Å²) >= 11 is 0. The van der Waals surface area contributed by atoms with Gasteiger partial charge in [0.1, 0.15) is 5.82 Å². The zero-order chi connectivity index (χ0) is 13.9. The molecule has 0 aliphatic carbocycles. The van der Waals surface area contributed by atoms with Gasteiger partial charge in [0.15, 0.2) is 0 Å². The molecule has 1 aliphatic rings. The second kappa shape index (κ2) is 5.57. The number of pyridine rings is 1. The maximum Gasteiger partial charge on any atom is 0.230 e. The van der Waals surface area contributed by atoms with Gasteiger partial charge >= 0.3 is 0 Å². The second-order valence-corrected chi connectivity index (χ2v) is 5.56. The number of hydrogen-bond donors (Lipinski definition) is 2. The van der Waals surface area contributed by atoms with Crippen LogP contribution in [0, 0.1) is 5.41 Å². The Kier molecular flexibility index (Phi) is 4.04. The predicted molar refractivity (Wildman–Crippen MR) is 77.4 cm³/mol. The molecule has 2 N–H and O–H groups in total. The lowest BCUT2D eigenvalue weighted by molar-refractivity contribution is -0.126. The topological polar surface area (TPSA) is 57.3 Å². The van der Waals surface area contributed by atoms with Crippen molar-refractivity contribution >= 4 is 17.4 Å². The van der Waals surface area contributed by atoms with Gasteiger partial charge < -0.3 is 15.5 Å². The van der Waals surface area contributed by atoms with E-state index in [1.54, 1.807) is 6.20 Å². The summed E-state index contributed by atoms with van der Waals surface area (Å²) in [7, 11) is 3.88. The fraction of sp³-hybridized carbons (Fsp3) is 0.571. The number of nitrogens with zero attached hydrogens (tertiary/aromatic N) is 2. The van der Waals surface area contributed by atoms with Crippen molar-refractivity contribution in [2.24, 2.45) is 5.41 Å². The van der Waals surface area contributed by atoms with Crippen LogP contribution >= 0.6 is 0 Å². The first kappa shape index (κ1) is 13.8. The molecule has 0 unspecified atom stereocenters. The highest BCUT2D eigenvalue weighted by Gasteiger charge is 2.34. The molecule has 0 radical (unpaired) electrons. The normalized spacial score (nSPS) is 17.8. The third-order valence-corrected chi connectivity index (χ3v) is 3.72. The van der Waals surface area contributed by atoms with Crippen molar-refractivity contribution in [3.8, 4) is 0 Å². The molecule has 0 atom stereocenters. The summed E-state index contributed by atoms with van der Waals surface area (Å²) in [4.78, 5) is 18.6. The number of piperidine rings is 1. The average Bonchev–Trinajstić information content (AvgIpc) is 2.40. The Bertz CT molecular complexity index is 435. The Morgan fingerprint density at radius 2 is 2.05 bits per heavy atom. The van der Waals surface area contributed by atoms with Crippen LogP contribution in [0.5, 0.6) is 0 Å². The molecule has 2 rings (SSSR count). The fourth-order valence-electron chi connectivity index (χ4n) is 2.21. The minimum atomic E-state index is -0.272. The molecule has 0 spiro atoms. The van der Waals surface area contributed by atoms with Gasteiger partial charge in [0.2, 0.25) is 5.91 Å². The van der Waals surface area contributed by atoms with Crippen molar-refractivity contribution in [2.75, 3.05) is 37.4 Å². The van der Waals surface area contributed by atoms with Crippen LogP contribution in [0.3, 0.4) is 0 Å². The predicted octanol–water partition coefficient (Wildman–Crippen LogP) is 1.48. The summed E-state index contributed by atoms with van der Waals surface area (Å²) < 4.78 is 0. The van der Waals surface area contributed by atoms with Gasteiger partial charge in [-0.3, -0.25) is 4.79 Å². The number of carbonyl (C=O) groups is 1. The lowest BCUT2D eigenvalue weighted by Gasteiger charge is -2.32. The molecule has 0 bridgehead atoms. The van der Waals surface area contributed by atoms with Gasteiger partial charge in [-0.1, -0.05) is 6.92 Å². The molecule has 1 aliphatic heterocycles. The molecule has 1 fully saturated rings. The Morgan fingerprint density at radius 3 is 2.58 bits per heavy atom. The van der Waals surface area contributed by atoms with Crippen LogP contribution in [0.1, 0.15) is 19.8 Å². The van der Waals surface area contributed by atoms with Crippen LogP contribution in [-0.4, -0.2) is 38.1 Å². The lowest BCUT2D eigenvalue weighted by Crippen LogP contribution is -2.42. The maximum atomic E-state index is 12.3. The molecule has 1 aromatic rings. The highest BCUT2D eigenvalue weighted by atomic mass is 16.2. The van der Waals surface area contributed by atoms with E-state index in [2.05, 4.69) is 15.6 Å². The van der Waals surface area contributed by atoms with Gasteiger partial charge in [-0.2, -0.15) is 0 Å². The first-order valence-electron chi connectivity index (χ1n) is 6.67. The van der Waals surface area contributed by atoms with Gasteiger partial charge in [-0.25, -0.2) is 4.98 Å². The van der Waals surface area contributed by atoms with Crippen LogP contribution < -0.4 is 15.5 Å². The van der Waals surface area contributed by atoms with E-state index in [9.17, 15) is 4.79 Å². The summed E-state index contributed by atoms with van der Waals surface area (Å²) in [5, 5.41) is 6.25. The summed E-state index contributed by atoms with van der Waals surface area (Å²) in [6.07, 6.45) is 3.46. The molecular weight excluding hydrogens is 240 g/mol. The van der Waals surface area contributed by atoms with Crippen LogP contribution in [-0.2, 0) is 4.79 Å². The molecule has 1 saturated heterocycles. The quantitative estimate of drug-likeness (QED) is 0.866. The standard InChI is InChI=1S/C14H22N4O/c1-14(6-8-15-9-7-14)13(19)17-11-4-5-12(16-10-11)18(2)3/h4-5,10,15H,6-9H2,1-3H3,(H,17,19). The van der Waals surface area contributed by atoms with Crippen molar-refractivity contribution in [3.63, 3.8) is 0 Å². The largest absolute Gasteiger partial charge is 0.363 e. The third kappa shape index (κ3) is 3.23. The molecule has 5 nitrogen and oxygen atoms in total. The van der Waals surface area contributed by atoms with E-state index >= 15 is 0 Å². The Labute approximate surface area is 114 Å². The fourth-order valence-corrected chi connectivity index (χ4v) is 2.21. The number of amides is 1. The summed E-state index contributed by atoms with van der Waals surface area (Å²) in [6.45, 7) is 3.84. The third-order valence-electron chi connectivity index (χ3n) is 3.72. The van der Waals surface area contributed by atoms with Crippen LogP contribution in [0.25, 0.3) is 0 Å². The van der Waals surface area contributed by atoms with Crippen LogP contribution in [0.4, 0.5) is 11.5 Å². The van der Waals surface area contributed by atoms with E-state index in [-0.39, 0.29) is 11.3 Å². The Balaban J connectivity index is 2.02. The van der Waals surface area contributed by atoms with Gasteiger partial charge in [-0.05, 0) is 38.1 Å². The van der Waals surface area contributed by atoms with Crippen molar-refractivity contribution in [1.29, 1.82) is 0 Å². The highest BCUT2D eigenvalue weighted by molar-refractivity contribution is 5.95. The zero-order valence-electron chi connectivity index (χ0n) is 11.9. The molecule has 2 heterocycles. The molecule has 1 amide bonds. The van der Waals surface area contributed by atoms with Crippen molar-refractivity contribution in [3.05, 3.63) is 18.3 Å². The van der Waals surface area contributed by atoms with Crippen molar-refractivity contribution in [1.82, 2.24) is 10.3 Å². The highest BCUT2D eigenvalue weighted by Crippen LogP contribution is 2.29. The minimum Gasteiger partial charge on any atom is -0.363 e. The van der Waals surface area contributed by atoms with Crippen molar-refractivity contribution < 1.29 is 4.79 Å². The number of aromatic nitrogens is 1. The summed E-state index contributed by atoms with van der Waals surface area (Å²) in [5.41, 5.74) is 0.487. The first-order chi connectivity index (χ1) is 9.01. The van der Waals surface area contributed by atoms with Gasteiger partial charge in [0.25, 0.3) is 0 Å². The van der Waals surface area contributed by atoms with E-state index in [0.29, 0.717) is 0 Å². The summed E-state index contributed by atoms with van der Waals surface area (Å²) in [5.74, 6) is 0.972. The molecule has 0 saturated carbocycles. The van der Waals surface area contributed by atoms with E-state index in [1.165, 1.54) is 0 Å². The van der Waals surface area contributed by atoms with Crippen molar-refractivity contribution in [2.45, 2.75) is 19.8 Å². The molecular formula is C14H22N4O. The van der Waals surface area contributed by atoms with Gasteiger partial charge in [-0.15, -0.1) is 0 Å². The zero-order valence-corrected chi connectivity index (χ0v) is 11.9. The van der Waals surface area contributed by atoms with E-state index in [1.807, 2.05) is 38.1 Å². The smallest absolute Gasteiger partial charge is 0.230 e. The minimum absolute atomic E-state index is 0.0911. The first-order valence-corrected chi connectivity index (χ1v) is 6.67. The lowest BCUT2D eigenvalue weighted by atomic mass is 9.80. The van der Waals surface area contributed by atoms with E-state index < -0.39 is 0 Å². The SMILES string of the molecule is CN(C)c1ccc(NC(=O)C2(C)CCNCC2)cn1. The Morgan fingerprint density at radius 1 is 1.37 bits per heavy atom. The number of rotatable bonds is 3. The van der Waals surface area contributed by atoms with E-state index in [0.717, 1.165) is 37.4 Å². The van der Waals surface area contributed by atoms with Crippen LogP contribution in [0.2, 0.25) is 0 Å².